The highest BCUT2D eigenvalue weighted by atomic mass is 16.4. The van der Waals surface area contributed by atoms with Crippen LogP contribution in [-0.2, 0) is 12.8 Å². The summed E-state index contributed by atoms with van der Waals surface area (Å²) in [6.07, 6.45) is 11.7. The summed E-state index contributed by atoms with van der Waals surface area (Å²) in [6, 6.07) is 5.98. The second kappa shape index (κ2) is 11.3. The second-order valence-electron chi connectivity index (χ2n) is 6.73. The van der Waals surface area contributed by atoms with Crippen LogP contribution in [0, 0.1) is 5.92 Å². The molecule has 23 heavy (non-hydrogen) atoms. The average molecular weight is 319 g/mol. The molecular weight excluding hydrogens is 284 g/mol. The number of carboxylic acids is 1. The molecule has 0 heterocycles. The number of hydrogen-bond donors (Lipinski definition) is 1. The Labute approximate surface area is 142 Å². The van der Waals surface area contributed by atoms with Crippen molar-refractivity contribution in [2.45, 2.75) is 85.0 Å². The molecule has 1 aromatic rings. The third-order valence-electron chi connectivity index (χ3n) is 4.77. The van der Waals surface area contributed by atoms with Gasteiger partial charge in [-0.25, -0.2) is 4.79 Å². The van der Waals surface area contributed by atoms with Crippen molar-refractivity contribution in [1.29, 1.82) is 0 Å². The number of rotatable bonds is 12. The smallest absolute Gasteiger partial charge is 0.335 e. The fourth-order valence-electron chi connectivity index (χ4n) is 3.19. The van der Waals surface area contributed by atoms with E-state index in [0.717, 1.165) is 24.8 Å². The summed E-state index contributed by atoms with van der Waals surface area (Å²) >= 11 is 0. The van der Waals surface area contributed by atoms with Crippen LogP contribution in [0.2, 0.25) is 0 Å². The summed E-state index contributed by atoms with van der Waals surface area (Å²) in [6.45, 7) is 6.66. The van der Waals surface area contributed by atoms with Crippen LogP contribution in [-0.4, -0.2) is 11.1 Å². The highest BCUT2D eigenvalue weighted by Gasteiger charge is 2.15. The van der Waals surface area contributed by atoms with Crippen LogP contribution in [0.4, 0.5) is 0 Å². The number of carbonyl (C=O) groups is 1. The lowest BCUT2D eigenvalue weighted by Gasteiger charge is -2.17. The van der Waals surface area contributed by atoms with Gasteiger partial charge >= 0.3 is 5.97 Å². The van der Waals surface area contributed by atoms with Gasteiger partial charge in [-0.15, -0.1) is 0 Å². The Bertz CT molecular complexity index is 465. The first-order valence-corrected chi connectivity index (χ1v) is 9.47. The Kier molecular flexibility index (Phi) is 9.66. The number of hydrogen-bond acceptors (Lipinski definition) is 1. The molecule has 0 radical (unpaired) electrons. The molecule has 1 N–H and O–H groups in total. The van der Waals surface area contributed by atoms with E-state index in [1.54, 1.807) is 0 Å². The Morgan fingerprint density at radius 3 is 2.39 bits per heavy atom. The van der Waals surface area contributed by atoms with Gasteiger partial charge in [0.25, 0.3) is 0 Å². The first-order chi connectivity index (χ1) is 11.1. The van der Waals surface area contributed by atoms with Gasteiger partial charge in [0, 0.05) is 0 Å². The molecule has 0 aliphatic rings. The molecule has 0 aliphatic heterocycles. The summed E-state index contributed by atoms with van der Waals surface area (Å²) in [4.78, 5) is 11.5. The van der Waals surface area contributed by atoms with Crippen molar-refractivity contribution in [3.63, 3.8) is 0 Å². The van der Waals surface area contributed by atoms with Crippen LogP contribution in [0.25, 0.3) is 0 Å². The zero-order valence-corrected chi connectivity index (χ0v) is 15.2. The van der Waals surface area contributed by atoms with Gasteiger partial charge < -0.3 is 5.11 Å². The summed E-state index contributed by atoms with van der Waals surface area (Å²) in [7, 11) is 0. The fraction of sp³-hybridized carbons (Fsp3) is 0.667. The van der Waals surface area contributed by atoms with Crippen molar-refractivity contribution < 1.29 is 9.90 Å². The first kappa shape index (κ1) is 19.7. The molecule has 0 fully saturated rings. The van der Waals surface area contributed by atoms with Gasteiger partial charge in [0.2, 0.25) is 0 Å². The number of carboxylic acid groups (broad SMARTS) is 1. The molecule has 0 aliphatic carbocycles. The van der Waals surface area contributed by atoms with Crippen LogP contribution < -0.4 is 0 Å². The van der Waals surface area contributed by atoms with Crippen molar-refractivity contribution in [3.8, 4) is 0 Å². The number of benzene rings is 1. The van der Waals surface area contributed by atoms with E-state index < -0.39 is 5.97 Å². The number of aromatic carboxylic acids is 1. The predicted molar refractivity (Wildman–Crippen MR) is 98.3 cm³/mol. The maximum absolute atomic E-state index is 11.5. The quantitative estimate of drug-likeness (QED) is 0.461. The van der Waals surface area contributed by atoms with Crippen molar-refractivity contribution in [2.24, 2.45) is 5.92 Å². The molecule has 1 rings (SSSR count). The van der Waals surface area contributed by atoms with E-state index in [9.17, 15) is 9.90 Å². The molecule has 1 atom stereocenters. The summed E-state index contributed by atoms with van der Waals surface area (Å²) < 4.78 is 0. The summed E-state index contributed by atoms with van der Waals surface area (Å²) in [5, 5.41) is 9.46. The van der Waals surface area contributed by atoms with E-state index >= 15 is 0 Å². The monoisotopic (exact) mass is 318 g/mol. The third kappa shape index (κ3) is 7.20. The predicted octanol–water partition coefficient (Wildman–Crippen LogP) is 6.27. The van der Waals surface area contributed by atoms with Crippen LogP contribution in [0.15, 0.2) is 18.2 Å². The third-order valence-corrected chi connectivity index (χ3v) is 4.77. The molecule has 0 bridgehead atoms. The molecule has 2 heteroatoms. The molecule has 0 amide bonds. The molecule has 0 saturated heterocycles. The van der Waals surface area contributed by atoms with Gasteiger partial charge in [-0.3, -0.25) is 0 Å². The SMILES string of the molecule is CCCCCCc1ccc(C(=O)O)c(CC(CC)CCCC)c1. The minimum absolute atomic E-state index is 0.497. The molecule has 0 aromatic heterocycles. The van der Waals surface area contributed by atoms with Gasteiger partial charge in [-0.1, -0.05) is 77.8 Å². The van der Waals surface area contributed by atoms with Gasteiger partial charge in [-0.05, 0) is 42.4 Å². The lowest BCUT2D eigenvalue weighted by molar-refractivity contribution is 0.0695. The van der Waals surface area contributed by atoms with E-state index in [1.165, 1.54) is 50.5 Å². The minimum atomic E-state index is -0.789. The standard InChI is InChI=1S/C21H34O2/c1-4-7-9-10-12-18-13-14-20(21(22)23)19(16-18)15-17(6-3)11-8-5-2/h13-14,16-17H,4-12,15H2,1-3H3,(H,22,23). The molecular formula is C21H34O2. The number of unbranched alkanes of at least 4 members (excludes halogenated alkanes) is 4. The molecule has 0 spiro atoms. The van der Waals surface area contributed by atoms with Gasteiger partial charge in [0.15, 0.2) is 0 Å². The largest absolute Gasteiger partial charge is 0.478 e. The highest BCUT2D eigenvalue weighted by Crippen LogP contribution is 2.23. The summed E-state index contributed by atoms with van der Waals surface area (Å²) in [5.41, 5.74) is 2.83. The Balaban J connectivity index is 2.81. The first-order valence-electron chi connectivity index (χ1n) is 9.47. The van der Waals surface area contributed by atoms with Crippen LogP contribution in [0.1, 0.15) is 93.6 Å². The Morgan fingerprint density at radius 1 is 1.04 bits per heavy atom. The van der Waals surface area contributed by atoms with Crippen molar-refractivity contribution in [3.05, 3.63) is 34.9 Å². The van der Waals surface area contributed by atoms with Crippen molar-refractivity contribution in [2.75, 3.05) is 0 Å². The Hall–Kier alpha value is -1.31. The fourth-order valence-corrected chi connectivity index (χ4v) is 3.19. The zero-order valence-electron chi connectivity index (χ0n) is 15.2. The topological polar surface area (TPSA) is 37.3 Å². The molecule has 1 unspecified atom stereocenters. The van der Waals surface area contributed by atoms with E-state index in [1.807, 2.05) is 12.1 Å². The normalized spacial score (nSPS) is 12.3. The van der Waals surface area contributed by atoms with Crippen molar-refractivity contribution >= 4 is 5.97 Å². The second-order valence-corrected chi connectivity index (χ2v) is 6.73. The maximum atomic E-state index is 11.5. The zero-order chi connectivity index (χ0) is 17.1. The van der Waals surface area contributed by atoms with Crippen LogP contribution in [0.5, 0.6) is 0 Å². The van der Waals surface area contributed by atoms with Gasteiger partial charge in [0.05, 0.1) is 5.56 Å². The minimum Gasteiger partial charge on any atom is -0.478 e. The van der Waals surface area contributed by atoms with Gasteiger partial charge in [0.1, 0.15) is 0 Å². The summed E-state index contributed by atoms with van der Waals surface area (Å²) in [5.74, 6) is -0.189. The molecule has 1 aromatic carbocycles. The molecule has 0 saturated carbocycles. The van der Waals surface area contributed by atoms with E-state index in [0.29, 0.717) is 11.5 Å². The van der Waals surface area contributed by atoms with Gasteiger partial charge in [-0.2, -0.15) is 0 Å². The molecule has 2 nitrogen and oxygen atoms in total. The van der Waals surface area contributed by atoms with E-state index in [4.69, 9.17) is 0 Å². The lowest BCUT2D eigenvalue weighted by Crippen LogP contribution is -2.09. The lowest BCUT2D eigenvalue weighted by atomic mass is 9.88. The van der Waals surface area contributed by atoms with Crippen molar-refractivity contribution in [1.82, 2.24) is 0 Å². The van der Waals surface area contributed by atoms with E-state index in [2.05, 4.69) is 26.8 Å². The highest BCUT2D eigenvalue weighted by molar-refractivity contribution is 5.89. The maximum Gasteiger partial charge on any atom is 0.335 e. The number of aryl methyl sites for hydroxylation is 1. The molecule has 130 valence electrons. The van der Waals surface area contributed by atoms with Crippen LogP contribution in [0.3, 0.4) is 0 Å². The van der Waals surface area contributed by atoms with E-state index in [-0.39, 0.29) is 0 Å². The average Bonchev–Trinajstić information content (AvgIpc) is 2.55. The van der Waals surface area contributed by atoms with Crippen LogP contribution >= 0.6 is 0 Å². The Morgan fingerprint density at radius 2 is 1.78 bits per heavy atom.